The number of amides is 2. The van der Waals surface area contributed by atoms with Crippen LogP contribution >= 0.6 is 0 Å². The summed E-state index contributed by atoms with van der Waals surface area (Å²) in [5.74, 6) is 0.209. The Labute approximate surface area is 104 Å². The van der Waals surface area contributed by atoms with E-state index in [-0.39, 0.29) is 12.5 Å². The molecular formula is C12H14N2O4. The molecule has 0 radical (unpaired) electrons. The number of hydrogen-bond donors (Lipinski definition) is 2. The Kier molecular flexibility index (Phi) is 3.66. The largest absolute Gasteiger partial charge is 0.490 e. The van der Waals surface area contributed by atoms with Crippen molar-refractivity contribution in [3.05, 3.63) is 23.8 Å². The van der Waals surface area contributed by atoms with Gasteiger partial charge < -0.3 is 20.5 Å². The maximum atomic E-state index is 11.7. The van der Waals surface area contributed by atoms with Gasteiger partial charge >= 0.3 is 0 Å². The van der Waals surface area contributed by atoms with Crippen LogP contribution in [0.2, 0.25) is 0 Å². The molecule has 0 spiro atoms. The van der Waals surface area contributed by atoms with Gasteiger partial charge in [0.05, 0.1) is 19.8 Å². The van der Waals surface area contributed by atoms with Crippen LogP contribution < -0.4 is 20.5 Å². The van der Waals surface area contributed by atoms with Crippen molar-refractivity contribution in [3.8, 4) is 11.5 Å². The molecule has 6 nitrogen and oxygen atoms in total. The van der Waals surface area contributed by atoms with Gasteiger partial charge in [-0.25, -0.2) is 0 Å². The molecule has 0 saturated heterocycles. The molecule has 1 aliphatic heterocycles. The molecule has 0 fully saturated rings. The molecule has 0 aliphatic carbocycles. The van der Waals surface area contributed by atoms with Crippen molar-refractivity contribution in [2.45, 2.75) is 6.42 Å². The van der Waals surface area contributed by atoms with E-state index in [4.69, 9.17) is 15.2 Å². The fourth-order valence-electron chi connectivity index (χ4n) is 1.57. The van der Waals surface area contributed by atoms with Crippen LogP contribution in [0, 0.1) is 0 Å². The zero-order chi connectivity index (χ0) is 13.0. The monoisotopic (exact) mass is 250 g/mol. The summed E-state index contributed by atoms with van der Waals surface area (Å²) in [5, 5.41) is 2.41. The van der Waals surface area contributed by atoms with Gasteiger partial charge in [0.2, 0.25) is 5.91 Å². The van der Waals surface area contributed by atoms with Gasteiger partial charge in [0.25, 0.3) is 5.91 Å². The average Bonchev–Trinajstić information content (AvgIpc) is 2.60. The first-order chi connectivity index (χ1) is 8.66. The third kappa shape index (κ3) is 2.91. The van der Waals surface area contributed by atoms with Crippen LogP contribution in [0.15, 0.2) is 18.2 Å². The first-order valence-corrected chi connectivity index (χ1v) is 5.63. The van der Waals surface area contributed by atoms with E-state index < -0.39 is 5.91 Å². The molecule has 0 saturated carbocycles. The normalized spacial score (nSPS) is 13.6. The van der Waals surface area contributed by atoms with Gasteiger partial charge in [-0.05, 0) is 18.2 Å². The molecule has 18 heavy (non-hydrogen) atoms. The zero-order valence-electron chi connectivity index (χ0n) is 9.77. The predicted octanol–water partition coefficient (Wildman–Crippen LogP) is 0.0630. The number of primary amides is 1. The molecular weight excluding hydrogens is 236 g/mol. The second-order valence-electron chi connectivity index (χ2n) is 3.86. The minimum absolute atomic E-state index is 0.187. The Morgan fingerprint density at radius 1 is 1.22 bits per heavy atom. The lowest BCUT2D eigenvalue weighted by Gasteiger charge is -2.09. The number of ether oxygens (including phenoxy) is 2. The molecule has 0 unspecified atom stereocenters. The molecule has 1 heterocycles. The van der Waals surface area contributed by atoms with E-state index in [9.17, 15) is 9.59 Å². The molecule has 1 aromatic carbocycles. The molecule has 0 atom stereocenters. The van der Waals surface area contributed by atoms with Crippen molar-refractivity contribution in [3.63, 3.8) is 0 Å². The topological polar surface area (TPSA) is 90.7 Å². The maximum absolute atomic E-state index is 11.7. The Morgan fingerprint density at radius 3 is 2.67 bits per heavy atom. The predicted molar refractivity (Wildman–Crippen MR) is 63.6 cm³/mol. The van der Waals surface area contributed by atoms with Gasteiger partial charge in [-0.3, -0.25) is 9.59 Å². The van der Waals surface area contributed by atoms with E-state index in [0.29, 0.717) is 30.3 Å². The standard InChI is InChI=1S/C12H14N2O4/c13-11(15)7-14-12(16)8-2-3-9-10(6-8)18-5-1-4-17-9/h2-3,6H,1,4-5,7H2,(H2,13,15)(H,14,16). The van der Waals surface area contributed by atoms with Crippen molar-refractivity contribution < 1.29 is 19.1 Å². The quantitative estimate of drug-likeness (QED) is 0.793. The van der Waals surface area contributed by atoms with Crippen molar-refractivity contribution >= 4 is 11.8 Å². The highest BCUT2D eigenvalue weighted by Gasteiger charge is 2.14. The van der Waals surface area contributed by atoms with Crippen molar-refractivity contribution in [1.29, 1.82) is 0 Å². The van der Waals surface area contributed by atoms with Crippen LogP contribution in [-0.4, -0.2) is 31.6 Å². The second-order valence-corrected chi connectivity index (χ2v) is 3.86. The van der Waals surface area contributed by atoms with Gasteiger partial charge in [-0.1, -0.05) is 0 Å². The SMILES string of the molecule is NC(=O)CNC(=O)c1ccc2c(c1)OCCCO2. The zero-order valence-corrected chi connectivity index (χ0v) is 9.77. The van der Waals surface area contributed by atoms with E-state index >= 15 is 0 Å². The number of benzene rings is 1. The van der Waals surface area contributed by atoms with Crippen LogP contribution in [0.5, 0.6) is 11.5 Å². The number of carbonyl (C=O) groups excluding carboxylic acids is 2. The van der Waals surface area contributed by atoms with Crippen LogP contribution in [0.1, 0.15) is 16.8 Å². The van der Waals surface area contributed by atoms with Crippen molar-refractivity contribution in [2.24, 2.45) is 5.73 Å². The van der Waals surface area contributed by atoms with E-state index in [1.54, 1.807) is 18.2 Å². The van der Waals surface area contributed by atoms with Crippen molar-refractivity contribution in [2.75, 3.05) is 19.8 Å². The van der Waals surface area contributed by atoms with Crippen LogP contribution in [-0.2, 0) is 4.79 Å². The van der Waals surface area contributed by atoms with Gasteiger partial charge in [0.1, 0.15) is 0 Å². The molecule has 0 aromatic heterocycles. The Morgan fingerprint density at radius 2 is 1.94 bits per heavy atom. The Hall–Kier alpha value is -2.24. The van der Waals surface area contributed by atoms with Crippen molar-refractivity contribution in [1.82, 2.24) is 5.32 Å². The lowest BCUT2D eigenvalue weighted by Crippen LogP contribution is -2.33. The fourth-order valence-corrected chi connectivity index (χ4v) is 1.57. The van der Waals surface area contributed by atoms with E-state index in [2.05, 4.69) is 5.32 Å². The molecule has 6 heteroatoms. The van der Waals surface area contributed by atoms with E-state index in [1.807, 2.05) is 0 Å². The highest BCUT2D eigenvalue weighted by molar-refractivity contribution is 5.96. The van der Waals surface area contributed by atoms with Gasteiger partial charge in [0, 0.05) is 12.0 Å². The summed E-state index contributed by atoms with van der Waals surface area (Å²) in [6.07, 6.45) is 0.803. The first-order valence-electron chi connectivity index (χ1n) is 5.63. The smallest absolute Gasteiger partial charge is 0.251 e. The fraction of sp³-hybridized carbons (Fsp3) is 0.333. The van der Waals surface area contributed by atoms with Gasteiger partial charge in [-0.2, -0.15) is 0 Å². The minimum Gasteiger partial charge on any atom is -0.490 e. The molecule has 1 aromatic rings. The third-order valence-electron chi connectivity index (χ3n) is 2.43. The maximum Gasteiger partial charge on any atom is 0.251 e. The summed E-state index contributed by atoms with van der Waals surface area (Å²) < 4.78 is 10.9. The number of nitrogens with one attached hydrogen (secondary N) is 1. The highest BCUT2D eigenvalue weighted by atomic mass is 16.5. The summed E-state index contributed by atoms with van der Waals surface area (Å²) in [5.41, 5.74) is 5.36. The van der Waals surface area contributed by atoms with Gasteiger partial charge in [0.15, 0.2) is 11.5 Å². The molecule has 2 amide bonds. The Bertz CT molecular complexity index is 473. The van der Waals surface area contributed by atoms with Crippen LogP contribution in [0.25, 0.3) is 0 Å². The highest BCUT2D eigenvalue weighted by Crippen LogP contribution is 2.30. The number of nitrogens with two attached hydrogens (primary N) is 1. The third-order valence-corrected chi connectivity index (χ3v) is 2.43. The Balaban J connectivity index is 2.12. The summed E-state index contributed by atoms with van der Waals surface area (Å²) in [4.78, 5) is 22.3. The molecule has 96 valence electrons. The molecule has 1 aliphatic rings. The lowest BCUT2D eigenvalue weighted by molar-refractivity contribution is -0.117. The number of hydrogen-bond acceptors (Lipinski definition) is 4. The summed E-state index contributed by atoms with van der Waals surface area (Å²) in [6, 6.07) is 4.89. The van der Waals surface area contributed by atoms with E-state index in [1.165, 1.54) is 0 Å². The average molecular weight is 250 g/mol. The van der Waals surface area contributed by atoms with Crippen LogP contribution in [0.3, 0.4) is 0 Å². The molecule has 3 N–H and O–H groups in total. The minimum atomic E-state index is -0.585. The molecule has 2 rings (SSSR count). The van der Waals surface area contributed by atoms with E-state index in [0.717, 1.165) is 6.42 Å². The number of fused-ring (bicyclic) bond motifs is 1. The second kappa shape index (κ2) is 5.39. The summed E-state index contributed by atoms with van der Waals surface area (Å²) in [6.45, 7) is 0.965. The number of carbonyl (C=O) groups is 2. The van der Waals surface area contributed by atoms with Crippen LogP contribution in [0.4, 0.5) is 0 Å². The molecule has 0 bridgehead atoms. The summed E-state index contributed by atoms with van der Waals surface area (Å²) >= 11 is 0. The summed E-state index contributed by atoms with van der Waals surface area (Å²) in [7, 11) is 0. The van der Waals surface area contributed by atoms with Gasteiger partial charge in [-0.15, -0.1) is 0 Å². The first kappa shape index (κ1) is 12.2. The number of rotatable bonds is 3. The lowest BCUT2D eigenvalue weighted by atomic mass is 10.2.